The van der Waals surface area contributed by atoms with E-state index >= 15 is 0 Å². The van der Waals surface area contributed by atoms with E-state index in [2.05, 4.69) is 41.5 Å². The van der Waals surface area contributed by atoms with Crippen molar-refractivity contribution in [2.45, 2.75) is 72.8 Å². The SMILES string of the molecule is CCC(C)C1(O)CC(C)(C)CC(C)(C)C1. The predicted octanol–water partition coefficient (Wildman–Crippen LogP) is 4.00. The van der Waals surface area contributed by atoms with Crippen LogP contribution < -0.4 is 0 Å². The van der Waals surface area contributed by atoms with Crippen molar-refractivity contribution in [2.75, 3.05) is 0 Å². The van der Waals surface area contributed by atoms with Gasteiger partial charge in [0.2, 0.25) is 0 Å². The van der Waals surface area contributed by atoms with E-state index in [1.54, 1.807) is 0 Å². The molecule has 0 spiro atoms. The van der Waals surface area contributed by atoms with E-state index in [4.69, 9.17) is 0 Å². The van der Waals surface area contributed by atoms with E-state index in [1.807, 2.05) is 0 Å². The lowest BCUT2D eigenvalue weighted by Crippen LogP contribution is -2.49. The van der Waals surface area contributed by atoms with Crippen LogP contribution in [0.4, 0.5) is 0 Å². The molecule has 0 bridgehead atoms. The molecule has 90 valence electrons. The molecular formula is C14H28O. The maximum atomic E-state index is 10.8. The van der Waals surface area contributed by atoms with Crippen molar-refractivity contribution in [3.63, 3.8) is 0 Å². The third kappa shape index (κ3) is 2.96. The molecule has 0 saturated heterocycles. The van der Waals surface area contributed by atoms with Gasteiger partial charge in [-0.15, -0.1) is 0 Å². The summed E-state index contributed by atoms with van der Waals surface area (Å²) in [5, 5.41) is 10.8. The second-order valence-corrected chi connectivity index (χ2v) is 7.27. The lowest BCUT2D eigenvalue weighted by Gasteiger charge is -2.52. The fourth-order valence-corrected chi connectivity index (χ4v) is 3.87. The third-order valence-corrected chi connectivity index (χ3v) is 4.06. The van der Waals surface area contributed by atoms with Gasteiger partial charge in [-0.05, 0) is 36.0 Å². The third-order valence-electron chi connectivity index (χ3n) is 4.06. The Kier molecular flexibility index (Phi) is 3.27. The van der Waals surface area contributed by atoms with Gasteiger partial charge in [0.15, 0.2) is 0 Å². The van der Waals surface area contributed by atoms with Gasteiger partial charge in [0.05, 0.1) is 5.60 Å². The van der Waals surface area contributed by atoms with Crippen LogP contribution in [0.15, 0.2) is 0 Å². The van der Waals surface area contributed by atoms with Crippen molar-refractivity contribution in [1.29, 1.82) is 0 Å². The average Bonchev–Trinajstić information content (AvgIpc) is 1.95. The molecule has 0 heterocycles. The largest absolute Gasteiger partial charge is 0.390 e. The smallest absolute Gasteiger partial charge is 0.0683 e. The fourth-order valence-electron chi connectivity index (χ4n) is 3.87. The number of hydrogen-bond donors (Lipinski definition) is 1. The van der Waals surface area contributed by atoms with Crippen LogP contribution in [0.3, 0.4) is 0 Å². The highest BCUT2D eigenvalue weighted by molar-refractivity contribution is 4.99. The van der Waals surface area contributed by atoms with Crippen LogP contribution in [-0.4, -0.2) is 10.7 Å². The van der Waals surface area contributed by atoms with Gasteiger partial charge in [0, 0.05) is 0 Å². The van der Waals surface area contributed by atoms with Gasteiger partial charge in [-0.3, -0.25) is 0 Å². The van der Waals surface area contributed by atoms with Crippen LogP contribution in [0, 0.1) is 16.7 Å². The zero-order valence-electron chi connectivity index (χ0n) is 11.4. The molecule has 0 aromatic rings. The van der Waals surface area contributed by atoms with Gasteiger partial charge in [0.25, 0.3) is 0 Å². The lowest BCUT2D eigenvalue weighted by atomic mass is 9.57. The Balaban J connectivity index is 2.92. The summed E-state index contributed by atoms with van der Waals surface area (Å²) in [6.07, 6.45) is 4.21. The molecule has 0 aliphatic heterocycles. The highest BCUT2D eigenvalue weighted by Crippen LogP contribution is 2.52. The Hall–Kier alpha value is -0.0400. The minimum atomic E-state index is -0.444. The van der Waals surface area contributed by atoms with Crippen molar-refractivity contribution in [2.24, 2.45) is 16.7 Å². The quantitative estimate of drug-likeness (QED) is 0.733. The molecule has 1 fully saturated rings. The minimum absolute atomic E-state index is 0.278. The Morgan fingerprint density at radius 1 is 1.00 bits per heavy atom. The van der Waals surface area contributed by atoms with Crippen molar-refractivity contribution in [1.82, 2.24) is 0 Å². The first-order valence-electron chi connectivity index (χ1n) is 6.33. The highest BCUT2D eigenvalue weighted by atomic mass is 16.3. The molecule has 1 saturated carbocycles. The first-order valence-corrected chi connectivity index (χ1v) is 6.33. The van der Waals surface area contributed by atoms with E-state index < -0.39 is 5.60 Å². The Bertz CT molecular complexity index is 211. The molecule has 1 unspecified atom stereocenters. The first-order chi connectivity index (χ1) is 6.60. The molecule has 1 aliphatic carbocycles. The standard InChI is InChI=1S/C14H28O/c1-7-11(2)14(15)9-12(3,4)8-13(5,6)10-14/h11,15H,7-10H2,1-6H3. The summed E-state index contributed by atoms with van der Waals surface area (Å²) in [7, 11) is 0. The van der Waals surface area contributed by atoms with Crippen molar-refractivity contribution >= 4 is 0 Å². The molecule has 1 N–H and O–H groups in total. The minimum Gasteiger partial charge on any atom is -0.390 e. The number of rotatable bonds is 2. The molecule has 1 heteroatoms. The topological polar surface area (TPSA) is 20.2 Å². The second-order valence-electron chi connectivity index (χ2n) is 7.27. The van der Waals surface area contributed by atoms with Crippen LogP contribution in [-0.2, 0) is 0 Å². The Morgan fingerprint density at radius 3 is 1.73 bits per heavy atom. The van der Waals surface area contributed by atoms with E-state index in [9.17, 15) is 5.11 Å². The van der Waals surface area contributed by atoms with E-state index in [0.29, 0.717) is 5.92 Å². The summed E-state index contributed by atoms with van der Waals surface area (Å²) in [6, 6.07) is 0. The van der Waals surface area contributed by atoms with Crippen LogP contribution >= 0.6 is 0 Å². The normalized spacial score (nSPS) is 29.8. The fraction of sp³-hybridized carbons (Fsp3) is 1.00. The number of hydrogen-bond acceptors (Lipinski definition) is 1. The molecule has 1 rings (SSSR count). The van der Waals surface area contributed by atoms with Crippen LogP contribution in [0.5, 0.6) is 0 Å². The van der Waals surface area contributed by atoms with Crippen LogP contribution in [0.25, 0.3) is 0 Å². The molecule has 0 amide bonds. The van der Waals surface area contributed by atoms with E-state index in [-0.39, 0.29) is 10.8 Å². The molecule has 1 nitrogen and oxygen atoms in total. The lowest BCUT2D eigenvalue weighted by molar-refractivity contribution is -0.118. The highest BCUT2D eigenvalue weighted by Gasteiger charge is 2.48. The molecule has 0 radical (unpaired) electrons. The molecular weight excluding hydrogens is 184 g/mol. The van der Waals surface area contributed by atoms with Crippen molar-refractivity contribution in [3.8, 4) is 0 Å². The van der Waals surface area contributed by atoms with Gasteiger partial charge in [-0.25, -0.2) is 0 Å². The van der Waals surface area contributed by atoms with Crippen molar-refractivity contribution < 1.29 is 5.11 Å². The average molecular weight is 212 g/mol. The predicted molar refractivity (Wildman–Crippen MR) is 65.8 cm³/mol. The molecule has 0 aromatic heterocycles. The molecule has 15 heavy (non-hydrogen) atoms. The summed E-state index contributed by atoms with van der Waals surface area (Å²) >= 11 is 0. The van der Waals surface area contributed by atoms with Crippen LogP contribution in [0.1, 0.15) is 67.2 Å². The Morgan fingerprint density at radius 2 is 1.40 bits per heavy atom. The second kappa shape index (κ2) is 3.76. The van der Waals surface area contributed by atoms with Crippen LogP contribution in [0.2, 0.25) is 0 Å². The van der Waals surface area contributed by atoms with Gasteiger partial charge in [0.1, 0.15) is 0 Å². The molecule has 1 atom stereocenters. The summed E-state index contributed by atoms with van der Waals surface area (Å²) in [5.41, 5.74) is 0.111. The monoisotopic (exact) mass is 212 g/mol. The molecule has 1 aliphatic rings. The zero-order valence-corrected chi connectivity index (χ0v) is 11.4. The number of aliphatic hydroxyl groups is 1. The van der Waals surface area contributed by atoms with Gasteiger partial charge in [-0.1, -0.05) is 48.0 Å². The Labute approximate surface area is 95.3 Å². The maximum Gasteiger partial charge on any atom is 0.0683 e. The summed E-state index contributed by atoms with van der Waals surface area (Å²) in [6.45, 7) is 13.5. The summed E-state index contributed by atoms with van der Waals surface area (Å²) in [5.74, 6) is 0.413. The van der Waals surface area contributed by atoms with Crippen molar-refractivity contribution in [3.05, 3.63) is 0 Å². The summed E-state index contributed by atoms with van der Waals surface area (Å²) in [4.78, 5) is 0. The van der Waals surface area contributed by atoms with Gasteiger partial charge < -0.3 is 5.11 Å². The summed E-state index contributed by atoms with van der Waals surface area (Å²) < 4.78 is 0. The van der Waals surface area contributed by atoms with E-state index in [1.165, 1.54) is 6.42 Å². The van der Waals surface area contributed by atoms with Gasteiger partial charge >= 0.3 is 0 Å². The molecule has 0 aromatic carbocycles. The first kappa shape index (κ1) is 13.0. The zero-order chi connectivity index (χ0) is 11.9. The van der Waals surface area contributed by atoms with E-state index in [0.717, 1.165) is 19.3 Å². The van der Waals surface area contributed by atoms with Gasteiger partial charge in [-0.2, -0.15) is 0 Å². The maximum absolute atomic E-state index is 10.8.